The number of amides is 1. The van der Waals surface area contributed by atoms with Gasteiger partial charge < -0.3 is 24.3 Å². The zero-order chi connectivity index (χ0) is 29.7. The number of carbonyl (C=O) groups excluding carboxylic acids is 3. The molecule has 0 saturated carbocycles. The number of furan rings is 1. The lowest BCUT2D eigenvalue weighted by atomic mass is 10.1. The summed E-state index contributed by atoms with van der Waals surface area (Å²) >= 11 is 0. The van der Waals surface area contributed by atoms with Crippen LogP contribution in [0.1, 0.15) is 37.6 Å². The van der Waals surface area contributed by atoms with Crippen LogP contribution in [0.4, 0.5) is 26.3 Å². The van der Waals surface area contributed by atoms with Crippen LogP contribution in [0.15, 0.2) is 71.3 Å². The van der Waals surface area contributed by atoms with E-state index in [9.17, 15) is 50.6 Å². The Morgan fingerprint density at radius 3 is 1.70 bits per heavy atom. The number of aliphatic carboxylic acids is 1. The van der Waals surface area contributed by atoms with Gasteiger partial charge in [0.05, 0.1) is 35.1 Å². The monoisotopic (exact) mass is 573 g/mol. The van der Waals surface area contributed by atoms with E-state index < -0.39 is 70.6 Å². The first-order valence-corrected chi connectivity index (χ1v) is 11.0. The summed E-state index contributed by atoms with van der Waals surface area (Å²) in [5.74, 6) is -6.50. The van der Waals surface area contributed by atoms with Crippen LogP contribution >= 0.6 is 0 Å². The topological polar surface area (TPSA) is 132 Å². The Hall–Kier alpha value is -4.82. The second-order valence-corrected chi connectivity index (χ2v) is 7.94. The van der Waals surface area contributed by atoms with E-state index in [1.165, 1.54) is 18.4 Å². The van der Waals surface area contributed by atoms with Crippen LogP contribution in [0.2, 0.25) is 0 Å². The predicted molar refractivity (Wildman–Crippen MR) is 119 cm³/mol. The Kier molecular flexibility index (Phi) is 8.86. The van der Waals surface area contributed by atoms with Crippen molar-refractivity contribution < 1.29 is 64.5 Å². The molecule has 0 aliphatic heterocycles. The van der Waals surface area contributed by atoms with Gasteiger partial charge in [0.2, 0.25) is 12.2 Å². The van der Waals surface area contributed by atoms with E-state index in [4.69, 9.17) is 13.9 Å². The molecule has 1 heterocycles. The molecule has 2 N–H and O–H groups in total. The molecule has 0 aliphatic rings. The van der Waals surface area contributed by atoms with Crippen molar-refractivity contribution in [1.29, 1.82) is 0 Å². The van der Waals surface area contributed by atoms with E-state index in [1.54, 1.807) is 0 Å². The van der Waals surface area contributed by atoms with Gasteiger partial charge in [-0.3, -0.25) is 4.79 Å². The molecule has 0 radical (unpaired) electrons. The summed E-state index contributed by atoms with van der Waals surface area (Å²) in [6.07, 6.45) is -13.6. The summed E-state index contributed by atoms with van der Waals surface area (Å²) < 4.78 is 92.9. The average Bonchev–Trinajstić information content (AvgIpc) is 3.42. The van der Waals surface area contributed by atoms with Crippen LogP contribution in [0, 0.1) is 0 Å². The minimum absolute atomic E-state index is 0.157. The fourth-order valence-electron chi connectivity index (χ4n) is 3.19. The number of rotatable bonds is 9. The molecule has 2 aromatic carbocycles. The molecule has 0 bridgehead atoms. The molecule has 9 nitrogen and oxygen atoms in total. The van der Waals surface area contributed by atoms with Gasteiger partial charge in [0.15, 0.2) is 0 Å². The number of carboxylic acids is 1. The second kappa shape index (κ2) is 11.9. The predicted octanol–water partition coefficient (Wildman–Crippen LogP) is 4.47. The fraction of sp³-hybridized carbons (Fsp3) is 0.200. The van der Waals surface area contributed by atoms with E-state index in [0.29, 0.717) is 24.3 Å². The van der Waals surface area contributed by atoms with Crippen molar-refractivity contribution in [2.24, 2.45) is 0 Å². The van der Waals surface area contributed by atoms with Gasteiger partial charge in [-0.15, -0.1) is 0 Å². The van der Waals surface area contributed by atoms with Crippen molar-refractivity contribution in [3.8, 4) is 0 Å². The van der Waals surface area contributed by atoms with E-state index in [2.05, 4.69) is 5.32 Å². The van der Waals surface area contributed by atoms with Gasteiger partial charge in [-0.05, 0) is 48.5 Å². The van der Waals surface area contributed by atoms with E-state index in [0.717, 1.165) is 24.3 Å². The normalized spacial score (nSPS) is 13.2. The molecular formula is C25H17F6NO8. The van der Waals surface area contributed by atoms with Gasteiger partial charge in [0.1, 0.15) is 5.76 Å². The van der Waals surface area contributed by atoms with Crippen molar-refractivity contribution in [2.75, 3.05) is 0 Å². The van der Waals surface area contributed by atoms with Gasteiger partial charge in [-0.2, -0.15) is 26.3 Å². The van der Waals surface area contributed by atoms with Crippen LogP contribution < -0.4 is 5.32 Å². The van der Waals surface area contributed by atoms with Crippen molar-refractivity contribution >= 4 is 23.8 Å². The lowest BCUT2D eigenvalue weighted by Gasteiger charge is -2.23. The first-order chi connectivity index (χ1) is 18.7. The Morgan fingerprint density at radius 1 is 0.775 bits per heavy atom. The maximum Gasteiger partial charge on any atom is 0.416 e. The van der Waals surface area contributed by atoms with Gasteiger partial charge in [-0.1, -0.05) is 12.1 Å². The maximum absolute atomic E-state index is 13.1. The summed E-state index contributed by atoms with van der Waals surface area (Å²) in [7, 11) is 0. The van der Waals surface area contributed by atoms with Gasteiger partial charge in [-0.25, -0.2) is 14.4 Å². The number of ether oxygens (including phenoxy) is 2. The largest absolute Gasteiger partial charge is 0.478 e. The highest BCUT2D eigenvalue weighted by atomic mass is 19.4. The number of carboxylic acid groups (broad SMARTS) is 1. The minimum atomic E-state index is -4.86. The van der Waals surface area contributed by atoms with Gasteiger partial charge in [0, 0.05) is 0 Å². The van der Waals surface area contributed by atoms with Gasteiger partial charge >= 0.3 is 30.3 Å². The van der Waals surface area contributed by atoms with Crippen LogP contribution in [0.25, 0.3) is 0 Å². The smallest absolute Gasteiger partial charge is 0.416 e. The van der Waals surface area contributed by atoms with Crippen LogP contribution in [-0.2, 0) is 38.0 Å². The van der Waals surface area contributed by atoms with Crippen LogP contribution in [0.3, 0.4) is 0 Å². The summed E-state index contributed by atoms with van der Waals surface area (Å²) in [6, 6.07) is 8.33. The minimum Gasteiger partial charge on any atom is -0.478 e. The molecule has 2 atom stereocenters. The molecule has 3 rings (SSSR count). The average molecular weight is 573 g/mol. The molecule has 0 aliphatic carbocycles. The summed E-state index contributed by atoms with van der Waals surface area (Å²) in [5.41, 5.74) is -4.00. The molecule has 0 spiro atoms. The van der Waals surface area contributed by atoms with Gasteiger partial charge in [0.25, 0.3) is 5.91 Å². The number of esters is 2. The maximum atomic E-state index is 13.1. The Bertz CT molecular complexity index is 1380. The third-order valence-corrected chi connectivity index (χ3v) is 5.11. The Labute approximate surface area is 220 Å². The first-order valence-electron chi connectivity index (χ1n) is 11.0. The third-order valence-electron chi connectivity index (χ3n) is 5.11. The van der Waals surface area contributed by atoms with E-state index in [-0.39, 0.29) is 12.3 Å². The lowest BCUT2D eigenvalue weighted by molar-refractivity contribution is -0.159. The third kappa shape index (κ3) is 7.61. The summed E-state index contributed by atoms with van der Waals surface area (Å²) in [6.45, 7) is -0.378. The molecule has 40 heavy (non-hydrogen) atoms. The van der Waals surface area contributed by atoms with Crippen molar-refractivity contribution in [2.45, 2.75) is 31.1 Å². The molecule has 0 saturated heterocycles. The number of alkyl halides is 6. The van der Waals surface area contributed by atoms with Crippen molar-refractivity contribution in [1.82, 2.24) is 5.32 Å². The lowest BCUT2D eigenvalue weighted by Crippen LogP contribution is -2.50. The summed E-state index contributed by atoms with van der Waals surface area (Å²) in [5, 5.41) is 11.8. The summed E-state index contributed by atoms with van der Waals surface area (Å²) in [4.78, 5) is 50.1. The number of hydrogen-bond donors (Lipinski definition) is 2. The van der Waals surface area contributed by atoms with Crippen molar-refractivity contribution in [3.63, 3.8) is 0 Å². The van der Waals surface area contributed by atoms with Crippen LogP contribution in [-0.4, -0.2) is 41.1 Å². The number of halogens is 6. The standard InChI is InChI=1S/C25H17F6NO8/c26-24(27,28)15-6-1-4-13(10-15)22(36)39-18(20(33)32-12-17-8-3-9-38-17)19(21(34)35)40-23(37)14-5-2-7-16(11-14)25(29,30)31/h1-11,18-19H,12H2,(H,32,33)(H,34,35)/t18-,19-/m0/s1. The Morgan fingerprint density at radius 2 is 1.27 bits per heavy atom. The van der Waals surface area contributed by atoms with E-state index in [1.807, 2.05) is 0 Å². The number of hydrogen-bond acceptors (Lipinski definition) is 7. The molecule has 0 unspecified atom stereocenters. The number of benzene rings is 2. The fourth-order valence-corrected chi connectivity index (χ4v) is 3.19. The molecule has 0 fully saturated rings. The zero-order valence-corrected chi connectivity index (χ0v) is 19.8. The molecule has 15 heteroatoms. The zero-order valence-electron chi connectivity index (χ0n) is 19.8. The van der Waals surface area contributed by atoms with Crippen LogP contribution in [0.5, 0.6) is 0 Å². The molecule has 1 aromatic heterocycles. The SMILES string of the molecule is O=C(O[C@H](C(=O)O)[C@H](OC(=O)c1cccc(C(F)(F)F)c1)C(=O)NCc1ccco1)c1cccc(C(F)(F)F)c1. The molecule has 212 valence electrons. The highest BCUT2D eigenvalue weighted by molar-refractivity contribution is 5.97. The second-order valence-electron chi connectivity index (χ2n) is 7.94. The molecule has 3 aromatic rings. The van der Waals surface area contributed by atoms with E-state index >= 15 is 0 Å². The first kappa shape index (κ1) is 29.7. The quantitative estimate of drug-likeness (QED) is 0.283. The molecular weight excluding hydrogens is 556 g/mol. The van der Waals surface area contributed by atoms with Crippen molar-refractivity contribution in [3.05, 3.63) is 94.9 Å². The number of carbonyl (C=O) groups is 4. The molecule has 1 amide bonds. The highest BCUT2D eigenvalue weighted by Crippen LogP contribution is 2.31. The Balaban J connectivity index is 1.91. The highest BCUT2D eigenvalue weighted by Gasteiger charge is 2.41. The number of nitrogens with one attached hydrogen (secondary N) is 1.